The number of morpholine rings is 1. The van der Waals surface area contributed by atoms with E-state index in [0.29, 0.717) is 40.8 Å². The average molecular weight is 509 g/mol. The van der Waals surface area contributed by atoms with Gasteiger partial charge in [-0.15, -0.1) is 0 Å². The van der Waals surface area contributed by atoms with Gasteiger partial charge in [-0.05, 0) is 31.5 Å². The molecule has 6 rings (SSSR count). The summed E-state index contributed by atoms with van der Waals surface area (Å²) < 4.78 is 38.2. The molecule has 0 bridgehead atoms. The third-order valence-corrected chi connectivity index (χ3v) is 7.03. The molecule has 192 valence electrons. The molecule has 3 atom stereocenters. The van der Waals surface area contributed by atoms with E-state index in [2.05, 4.69) is 27.2 Å². The topological polar surface area (TPSA) is 96.6 Å². The Bertz CT molecular complexity index is 1480. The second-order valence-electron chi connectivity index (χ2n) is 9.45. The molecule has 1 aliphatic carbocycles. The summed E-state index contributed by atoms with van der Waals surface area (Å²) in [6.45, 7) is 1.33. The first-order chi connectivity index (χ1) is 17.9. The molecule has 9 nitrogen and oxygen atoms in total. The summed E-state index contributed by atoms with van der Waals surface area (Å²) in [7, 11) is 1.31. The van der Waals surface area contributed by atoms with E-state index < -0.39 is 18.4 Å². The lowest BCUT2D eigenvalue weighted by Gasteiger charge is -2.32. The van der Waals surface area contributed by atoms with Gasteiger partial charge in [0.15, 0.2) is 5.58 Å². The van der Waals surface area contributed by atoms with Crippen molar-refractivity contribution in [2.45, 2.75) is 31.9 Å². The molecule has 4 aromatic rings. The number of hydrogen-bond donors (Lipinski definition) is 1. The highest BCUT2D eigenvalue weighted by molar-refractivity contribution is 5.96. The van der Waals surface area contributed by atoms with E-state index in [9.17, 15) is 13.6 Å². The molecule has 1 aromatic carbocycles. The number of carbonyl (C=O) groups excluding carboxylic acids is 1. The molecule has 11 heteroatoms. The lowest BCUT2D eigenvalue weighted by molar-refractivity contribution is -0.152. The summed E-state index contributed by atoms with van der Waals surface area (Å²) in [5.74, 6) is -0.977. The van der Waals surface area contributed by atoms with E-state index in [-0.39, 0.29) is 12.0 Å². The van der Waals surface area contributed by atoms with Crippen LogP contribution in [-0.4, -0.2) is 65.3 Å². The van der Waals surface area contributed by atoms with Crippen molar-refractivity contribution in [3.63, 3.8) is 0 Å². The number of halogens is 2. The summed E-state index contributed by atoms with van der Waals surface area (Å²) in [5, 5.41) is 1.98. The number of hydrazine groups is 1. The zero-order valence-electron chi connectivity index (χ0n) is 20.4. The molecule has 1 amide bonds. The number of hydrogen-bond acceptors (Lipinski definition) is 8. The van der Waals surface area contributed by atoms with E-state index in [0.717, 1.165) is 35.1 Å². The van der Waals surface area contributed by atoms with Crippen molar-refractivity contribution in [1.29, 1.82) is 0 Å². The van der Waals surface area contributed by atoms with Gasteiger partial charge in [-0.3, -0.25) is 14.8 Å². The van der Waals surface area contributed by atoms with Crippen LogP contribution >= 0.6 is 0 Å². The van der Waals surface area contributed by atoms with Gasteiger partial charge in [0, 0.05) is 67.0 Å². The van der Waals surface area contributed by atoms with Crippen molar-refractivity contribution < 1.29 is 22.7 Å². The van der Waals surface area contributed by atoms with Crippen molar-refractivity contribution in [2.75, 3.05) is 31.6 Å². The smallest absolute Gasteiger partial charge is 0.330 e. The highest BCUT2D eigenvalue weighted by Crippen LogP contribution is 2.48. The van der Waals surface area contributed by atoms with Crippen LogP contribution in [0.1, 0.15) is 25.0 Å². The monoisotopic (exact) mass is 508 g/mol. The molecule has 1 saturated carbocycles. The van der Waals surface area contributed by atoms with Gasteiger partial charge < -0.3 is 14.1 Å². The first-order valence-electron chi connectivity index (χ1n) is 12.2. The van der Waals surface area contributed by atoms with Crippen LogP contribution in [0.3, 0.4) is 0 Å². The Balaban J connectivity index is 1.35. The van der Waals surface area contributed by atoms with Gasteiger partial charge in [0.2, 0.25) is 11.8 Å². The summed E-state index contributed by atoms with van der Waals surface area (Å²) in [6.07, 6.45) is 5.68. The van der Waals surface area contributed by atoms with Crippen molar-refractivity contribution in [2.24, 2.45) is 5.92 Å². The molecule has 2 fully saturated rings. The molecule has 1 aliphatic heterocycles. The Kier molecular flexibility index (Phi) is 5.96. The van der Waals surface area contributed by atoms with Gasteiger partial charge in [-0.2, -0.15) is 8.78 Å². The average Bonchev–Trinajstić information content (AvgIpc) is 3.58. The van der Waals surface area contributed by atoms with Crippen molar-refractivity contribution >= 4 is 33.5 Å². The molecule has 0 radical (unpaired) electrons. The van der Waals surface area contributed by atoms with E-state index in [1.807, 2.05) is 24.3 Å². The van der Waals surface area contributed by atoms with Crippen molar-refractivity contribution in [1.82, 2.24) is 25.4 Å². The minimum absolute atomic E-state index is 0.127. The third kappa shape index (κ3) is 4.27. The zero-order chi connectivity index (χ0) is 25.7. The van der Waals surface area contributed by atoms with Gasteiger partial charge in [0.25, 0.3) is 0 Å². The fourth-order valence-electron chi connectivity index (χ4n) is 5.07. The van der Waals surface area contributed by atoms with Crippen LogP contribution in [0.4, 0.5) is 14.5 Å². The van der Waals surface area contributed by atoms with E-state index >= 15 is 0 Å². The van der Waals surface area contributed by atoms with Crippen LogP contribution in [0.2, 0.25) is 0 Å². The Morgan fingerprint density at radius 1 is 1.27 bits per heavy atom. The molecule has 0 spiro atoms. The number of anilines is 1. The van der Waals surface area contributed by atoms with E-state index in [1.54, 1.807) is 18.6 Å². The molecule has 2 aliphatic rings. The van der Waals surface area contributed by atoms with Crippen LogP contribution < -0.4 is 10.3 Å². The van der Waals surface area contributed by atoms with Crippen LogP contribution in [0.5, 0.6) is 0 Å². The van der Waals surface area contributed by atoms with E-state index in [1.165, 1.54) is 7.05 Å². The highest BCUT2D eigenvalue weighted by Gasteiger charge is 2.48. The number of benzene rings is 1. The molecule has 1 N–H and O–H groups in total. The minimum Gasteiger partial charge on any atom is -0.436 e. The molecule has 2 unspecified atom stereocenters. The van der Waals surface area contributed by atoms with Crippen LogP contribution in [-0.2, 0) is 9.53 Å². The maximum Gasteiger partial charge on any atom is 0.330 e. The summed E-state index contributed by atoms with van der Waals surface area (Å²) in [5.41, 5.74) is 6.07. The first-order valence-corrected chi connectivity index (χ1v) is 12.2. The Morgan fingerprint density at radius 2 is 2.14 bits per heavy atom. The fourth-order valence-corrected chi connectivity index (χ4v) is 5.07. The normalized spacial score (nSPS) is 21.6. The molecule has 3 aromatic heterocycles. The lowest BCUT2D eigenvalue weighted by Crippen LogP contribution is -2.45. The van der Waals surface area contributed by atoms with E-state index in [4.69, 9.17) is 14.1 Å². The molecular weight excluding hydrogens is 482 g/mol. The summed E-state index contributed by atoms with van der Waals surface area (Å²) >= 11 is 0. The number of fused-ring (bicyclic) bond motifs is 2. The highest BCUT2D eigenvalue weighted by atomic mass is 19.3. The van der Waals surface area contributed by atoms with Crippen molar-refractivity contribution in [3.8, 4) is 11.5 Å². The molecule has 37 heavy (non-hydrogen) atoms. The van der Waals surface area contributed by atoms with Gasteiger partial charge in [-0.25, -0.2) is 15.4 Å². The van der Waals surface area contributed by atoms with Gasteiger partial charge >= 0.3 is 6.55 Å². The Hall–Kier alpha value is -3.70. The SMILES string of the molecule is CNN(C(=O)C1CC1c1cc2c(-c3nc4c(N5CCO[C@@H](C)C5)cccc4o3)cncc2cn1)C(F)F. The van der Waals surface area contributed by atoms with Crippen LogP contribution in [0.25, 0.3) is 33.3 Å². The molecule has 1 saturated heterocycles. The number of nitrogens with one attached hydrogen (secondary N) is 1. The third-order valence-electron chi connectivity index (χ3n) is 7.03. The van der Waals surface area contributed by atoms with Crippen LogP contribution in [0, 0.1) is 5.92 Å². The maximum absolute atomic E-state index is 13.2. The number of amides is 1. The van der Waals surface area contributed by atoms with Gasteiger partial charge in [-0.1, -0.05) is 6.07 Å². The quantitative estimate of drug-likeness (QED) is 0.309. The first kappa shape index (κ1) is 23.7. The number of alkyl halides is 2. The van der Waals surface area contributed by atoms with Crippen LogP contribution in [0.15, 0.2) is 47.3 Å². The molecule has 4 heterocycles. The number of para-hydroxylation sites is 1. The number of aromatic nitrogens is 3. The zero-order valence-corrected chi connectivity index (χ0v) is 20.4. The summed E-state index contributed by atoms with van der Waals surface area (Å²) in [4.78, 5) is 28.5. The maximum atomic E-state index is 13.2. The summed E-state index contributed by atoms with van der Waals surface area (Å²) in [6, 6.07) is 7.76. The fraction of sp³-hybridized carbons (Fsp3) is 0.385. The lowest BCUT2D eigenvalue weighted by atomic mass is 10.1. The predicted octanol–water partition coefficient (Wildman–Crippen LogP) is 3.95. The number of pyridine rings is 2. The standard InChI is InChI=1S/C26H26F2N6O3/c1-14-13-33(6-7-36-14)21-4-3-5-22-23(21)32-24(37-22)19-12-30-10-15-11-31-20(9-16(15)19)17-8-18(17)25(35)34(29-2)26(27)28/h3-5,9-12,14,17-18,26,29H,6-8,13H2,1-2H3/t14-,17?,18?/m0/s1. The number of nitrogens with zero attached hydrogens (tertiary/aromatic N) is 5. The molecular formula is C26H26F2N6O3. The second-order valence-corrected chi connectivity index (χ2v) is 9.45. The van der Waals surface area contributed by atoms with Gasteiger partial charge in [0.1, 0.15) is 5.52 Å². The number of rotatable bonds is 6. The second kappa shape index (κ2) is 9.31. The number of oxazole rings is 1. The van der Waals surface area contributed by atoms with Gasteiger partial charge in [0.05, 0.1) is 24.0 Å². The Labute approximate surface area is 211 Å². The Morgan fingerprint density at radius 3 is 2.92 bits per heavy atom. The predicted molar refractivity (Wildman–Crippen MR) is 133 cm³/mol. The number of carbonyl (C=O) groups is 1. The largest absolute Gasteiger partial charge is 0.436 e. The number of ether oxygens (including phenoxy) is 1. The minimum atomic E-state index is -2.91. The van der Waals surface area contributed by atoms with Crippen molar-refractivity contribution in [3.05, 3.63) is 48.5 Å².